The van der Waals surface area contributed by atoms with Gasteiger partial charge in [0.15, 0.2) is 5.12 Å². The van der Waals surface area contributed by atoms with Crippen molar-refractivity contribution in [3.63, 3.8) is 0 Å². The van der Waals surface area contributed by atoms with Crippen molar-refractivity contribution in [2.24, 2.45) is 5.41 Å². The van der Waals surface area contributed by atoms with Gasteiger partial charge in [-0.2, -0.15) is 0 Å². The van der Waals surface area contributed by atoms with Gasteiger partial charge in [-0.1, -0.05) is 32.5 Å². The van der Waals surface area contributed by atoms with Gasteiger partial charge in [-0.05, 0) is 6.42 Å². The molecule has 0 aliphatic rings. The Kier molecular flexibility index (Phi) is 12.0. The minimum atomic E-state index is -4.71. The molecule has 0 aliphatic heterocycles. The molecular weight excluding hydrogens is 399 g/mol. The molecule has 12 heteroatoms. The molecule has 0 spiro atoms. The number of aliphatic hydroxyl groups is 1. The van der Waals surface area contributed by atoms with Crippen molar-refractivity contribution in [3.8, 4) is 0 Å². The first-order chi connectivity index (χ1) is 12.4. The van der Waals surface area contributed by atoms with Crippen LogP contribution in [0.1, 0.15) is 40.0 Å². The maximum absolute atomic E-state index is 11.9. The van der Waals surface area contributed by atoms with Gasteiger partial charge in [-0.3, -0.25) is 18.9 Å². The average Bonchev–Trinajstić information content (AvgIpc) is 2.56. The molecule has 10 nitrogen and oxygen atoms in total. The van der Waals surface area contributed by atoms with Crippen molar-refractivity contribution in [3.05, 3.63) is 0 Å². The summed E-state index contributed by atoms with van der Waals surface area (Å²) in [4.78, 5) is 52.2. The van der Waals surface area contributed by atoms with E-state index in [0.29, 0.717) is 18.7 Å². The highest BCUT2D eigenvalue weighted by atomic mass is 32.2. The second-order valence-electron chi connectivity index (χ2n) is 6.52. The summed E-state index contributed by atoms with van der Waals surface area (Å²) in [6.45, 7) is 4.54. The Morgan fingerprint density at radius 2 is 1.78 bits per heavy atom. The molecule has 0 bridgehead atoms. The molecule has 0 aromatic heterocycles. The number of aliphatic hydroxyl groups excluding tert-OH is 1. The lowest BCUT2D eigenvalue weighted by Gasteiger charge is -2.29. The molecule has 0 aromatic rings. The maximum atomic E-state index is 11.9. The number of carbonyl (C=O) groups excluding carboxylic acids is 3. The van der Waals surface area contributed by atoms with Crippen molar-refractivity contribution in [2.75, 3.05) is 25.4 Å². The molecule has 0 unspecified atom stereocenters. The Hall–Kier alpha value is -0.970. The van der Waals surface area contributed by atoms with Crippen LogP contribution in [0.3, 0.4) is 0 Å². The van der Waals surface area contributed by atoms with Crippen LogP contribution in [-0.4, -0.2) is 63.4 Å². The van der Waals surface area contributed by atoms with Crippen LogP contribution >= 0.6 is 19.6 Å². The Morgan fingerprint density at radius 1 is 1.15 bits per heavy atom. The highest BCUT2D eigenvalue weighted by molar-refractivity contribution is 8.13. The summed E-state index contributed by atoms with van der Waals surface area (Å²) in [6, 6.07) is 0. The lowest BCUT2D eigenvalue weighted by atomic mass is 9.87. The molecule has 158 valence electrons. The van der Waals surface area contributed by atoms with E-state index in [1.165, 1.54) is 13.8 Å². The second kappa shape index (κ2) is 12.5. The van der Waals surface area contributed by atoms with Crippen LogP contribution in [-0.2, 0) is 23.5 Å². The second-order valence-corrected chi connectivity index (χ2v) is 8.91. The van der Waals surface area contributed by atoms with Crippen molar-refractivity contribution in [2.45, 2.75) is 46.1 Å². The number of hydrogen-bond acceptors (Lipinski definition) is 7. The van der Waals surface area contributed by atoms with Crippen LogP contribution in [0.15, 0.2) is 0 Å². The first-order valence-corrected chi connectivity index (χ1v) is 11.0. The Morgan fingerprint density at radius 3 is 2.33 bits per heavy atom. The fourth-order valence-corrected chi connectivity index (χ4v) is 3.08. The van der Waals surface area contributed by atoms with Crippen LogP contribution in [0.2, 0.25) is 0 Å². The van der Waals surface area contributed by atoms with E-state index in [-0.39, 0.29) is 24.0 Å². The van der Waals surface area contributed by atoms with Crippen LogP contribution in [0, 0.1) is 5.41 Å². The number of phosphoric ester groups is 1. The quantitative estimate of drug-likeness (QED) is 0.203. The number of nitrogens with one attached hydrogen (secondary N) is 2. The van der Waals surface area contributed by atoms with Crippen LogP contribution in [0.25, 0.3) is 0 Å². The summed E-state index contributed by atoms with van der Waals surface area (Å²) < 4.78 is 15.1. The Labute approximate surface area is 163 Å². The molecule has 0 aliphatic carbocycles. The number of phosphoric acid groups is 1. The van der Waals surface area contributed by atoms with Crippen LogP contribution in [0.5, 0.6) is 0 Å². The average molecular weight is 428 g/mol. The molecular formula is C15H29N2O8PS. The van der Waals surface area contributed by atoms with Crippen molar-refractivity contribution in [1.82, 2.24) is 10.6 Å². The fourth-order valence-electron chi connectivity index (χ4n) is 1.80. The van der Waals surface area contributed by atoms with Gasteiger partial charge in [0.25, 0.3) is 0 Å². The lowest BCUT2D eigenvalue weighted by molar-refractivity contribution is -0.137. The third kappa shape index (κ3) is 12.9. The summed E-state index contributed by atoms with van der Waals surface area (Å²) in [5.74, 6) is -0.607. The van der Waals surface area contributed by atoms with E-state index < -0.39 is 31.9 Å². The minimum Gasteiger partial charge on any atom is -0.383 e. The van der Waals surface area contributed by atoms with Crippen LogP contribution in [0.4, 0.5) is 0 Å². The normalized spacial score (nSPS) is 13.1. The molecule has 5 N–H and O–H groups in total. The van der Waals surface area contributed by atoms with E-state index in [0.717, 1.165) is 18.2 Å². The summed E-state index contributed by atoms with van der Waals surface area (Å²) in [6.07, 6.45) is -0.298. The summed E-state index contributed by atoms with van der Waals surface area (Å²) >= 11 is 1.16. The highest BCUT2D eigenvalue weighted by Crippen LogP contribution is 2.38. The molecule has 0 radical (unpaired) electrons. The zero-order valence-electron chi connectivity index (χ0n) is 15.8. The lowest BCUT2D eigenvalue weighted by Crippen LogP contribution is -2.46. The van der Waals surface area contributed by atoms with E-state index in [1.807, 2.05) is 6.92 Å². The number of hydrogen-bond donors (Lipinski definition) is 5. The van der Waals surface area contributed by atoms with Gasteiger partial charge < -0.3 is 25.5 Å². The molecule has 1 atom stereocenters. The van der Waals surface area contributed by atoms with Crippen molar-refractivity contribution < 1.29 is 38.4 Å². The third-order valence-electron chi connectivity index (χ3n) is 3.39. The van der Waals surface area contributed by atoms with Gasteiger partial charge in [-0.15, -0.1) is 0 Å². The molecule has 27 heavy (non-hydrogen) atoms. The maximum Gasteiger partial charge on any atom is 0.469 e. The number of amides is 2. The largest absolute Gasteiger partial charge is 0.469 e. The smallest absolute Gasteiger partial charge is 0.383 e. The summed E-state index contributed by atoms with van der Waals surface area (Å²) in [5, 5.41) is 15.1. The van der Waals surface area contributed by atoms with Crippen molar-refractivity contribution >= 4 is 36.5 Å². The Balaban J connectivity index is 4.07. The number of rotatable bonds is 13. The summed E-state index contributed by atoms with van der Waals surface area (Å²) in [5.41, 5.74) is -1.24. The zero-order chi connectivity index (χ0) is 21.1. The first-order valence-electron chi connectivity index (χ1n) is 8.47. The minimum absolute atomic E-state index is 0.00849. The van der Waals surface area contributed by atoms with E-state index in [1.54, 1.807) is 0 Å². The third-order valence-corrected chi connectivity index (χ3v) is 4.79. The first kappa shape index (κ1) is 26.0. The molecule has 0 heterocycles. The SMILES string of the molecule is CCCC(=O)SCCNC(=O)CCNC(=O)[C@H](O)C(C)(C)COP(=O)(O)O. The van der Waals surface area contributed by atoms with Crippen molar-refractivity contribution in [1.29, 1.82) is 0 Å². The van der Waals surface area contributed by atoms with Gasteiger partial charge in [-0.25, -0.2) is 4.57 Å². The number of carbonyl (C=O) groups is 3. The zero-order valence-corrected chi connectivity index (χ0v) is 17.5. The molecule has 0 aromatic carbocycles. The predicted molar refractivity (Wildman–Crippen MR) is 101 cm³/mol. The van der Waals surface area contributed by atoms with E-state index in [2.05, 4.69) is 15.2 Å². The number of thioether (sulfide) groups is 1. The molecule has 0 rings (SSSR count). The van der Waals surface area contributed by atoms with Gasteiger partial charge in [0, 0.05) is 37.1 Å². The van der Waals surface area contributed by atoms with E-state index in [4.69, 9.17) is 9.79 Å². The van der Waals surface area contributed by atoms with Gasteiger partial charge >= 0.3 is 7.82 Å². The van der Waals surface area contributed by atoms with E-state index in [9.17, 15) is 24.1 Å². The molecule has 0 saturated carbocycles. The van der Waals surface area contributed by atoms with Gasteiger partial charge in [0.1, 0.15) is 6.10 Å². The Bertz CT molecular complexity index is 552. The van der Waals surface area contributed by atoms with Gasteiger partial charge in [0.05, 0.1) is 6.61 Å². The highest BCUT2D eigenvalue weighted by Gasteiger charge is 2.35. The van der Waals surface area contributed by atoms with Gasteiger partial charge in [0.2, 0.25) is 11.8 Å². The monoisotopic (exact) mass is 428 g/mol. The van der Waals surface area contributed by atoms with E-state index >= 15 is 0 Å². The van der Waals surface area contributed by atoms with Crippen LogP contribution < -0.4 is 10.6 Å². The topological polar surface area (TPSA) is 162 Å². The molecule has 0 saturated heterocycles. The summed E-state index contributed by atoms with van der Waals surface area (Å²) in [7, 11) is -4.71. The molecule has 2 amide bonds. The predicted octanol–water partition coefficient (Wildman–Crippen LogP) is 0.165. The molecule has 0 fully saturated rings. The standard InChI is InChI=1S/C15H29N2O8PS/c1-4-5-12(19)27-9-8-16-11(18)6-7-17-14(21)13(20)15(2,3)10-25-26(22,23)24/h13,20H,4-10H2,1-3H3,(H,16,18)(H,17,21)(H2,22,23,24)/t13-/m0/s1. The fraction of sp³-hybridized carbons (Fsp3) is 0.800.